The number of aromatic amines is 1. The smallest absolute Gasteiger partial charge is 0.133 e. The van der Waals surface area contributed by atoms with E-state index in [4.69, 9.17) is 4.79 Å². The number of hydrogen-bond donors (Lipinski definition) is 2. The molecule has 2 aromatic rings. The largest absolute Gasteiger partial charge is 0.361 e. The predicted octanol–water partition coefficient (Wildman–Crippen LogP) is 2.18. The van der Waals surface area contributed by atoms with Gasteiger partial charge in [0.05, 0.1) is 0 Å². The summed E-state index contributed by atoms with van der Waals surface area (Å²) in [6.07, 6.45) is 3.86. The average Bonchev–Trinajstić information content (AvgIpc) is 2.74. The molecular formula is C13H18N2O. The zero-order valence-electron chi connectivity index (χ0n) is 9.79. The van der Waals surface area contributed by atoms with E-state index in [-0.39, 0.29) is 6.54 Å². The number of aldehydes is 1. The molecule has 1 aromatic heterocycles. The van der Waals surface area contributed by atoms with Crippen molar-refractivity contribution in [3.63, 3.8) is 0 Å². The SMILES string of the molecule is CCc1c[nH]c2c(C)cccc12.NCC=O. The average molecular weight is 218 g/mol. The number of para-hydroxylation sites is 1. The fourth-order valence-corrected chi connectivity index (χ4v) is 1.66. The Kier molecular flexibility index (Phi) is 4.73. The Morgan fingerprint density at radius 2 is 2.12 bits per heavy atom. The number of nitrogens with two attached hydrogens (primary N) is 1. The van der Waals surface area contributed by atoms with Crippen molar-refractivity contribution in [2.75, 3.05) is 6.54 Å². The highest BCUT2D eigenvalue weighted by Crippen LogP contribution is 2.20. The van der Waals surface area contributed by atoms with Crippen LogP contribution in [0.15, 0.2) is 24.4 Å². The molecule has 2 rings (SSSR count). The monoisotopic (exact) mass is 218 g/mol. The first-order chi connectivity index (χ1) is 7.74. The summed E-state index contributed by atoms with van der Waals surface area (Å²) in [7, 11) is 0. The van der Waals surface area contributed by atoms with Crippen LogP contribution in [0, 0.1) is 6.92 Å². The maximum Gasteiger partial charge on any atom is 0.133 e. The van der Waals surface area contributed by atoms with Crippen LogP contribution in [0.5, 0.6) is 0 Å². The maximum atomic E-state index is 9.05. The van der Waals surface area contributed by atoms with Crippen LogP contribution >= 0.6 is 0 Å². The van der Waals surface area contributed by atoms with E-state index in [9.17, 15) is 0 Å². The van der Waals surface area contributed by atoms with Crippen LogP contribution in [0.25, 0.3) is 10.9 Å². The Morgan fingerprint density at radius 1 is 1.44 bits per heavy atom. The Labute approximate surface area is 95.7 Å². The van der Waals surface area contributed by atoms with Crippen molar-refractivity contribution < 1.29 is 4.79 Å². The van der Waals surface area contributed by atoms with Crippen molar-refractivity contribution in [1.82, 2.24) is 4.98 Å². The van der Waals surface area contributed by atoms with Crippen molar-refractivity contribution in [2.45, 2.75) is 20.3 Å². The highest BCUT2D eigenvalue weighted by atomic mass is 16.1. The molecule has 3 heteroatoms. The van der Waals surface area contributed by atoms with Crippen LogP contribution < -0.4 is 5.73 Å². The summed E-state index contributed by atoms with van der Waals surface area (Å²) >= 11 is 0. The minimum absolute atomic E-state index is 0.139. The molecule has 0 amide bonds. The van der Waals surface area contributed by atoms with Crippen LogP contribution in [0.2, 0.25) is 0 Å². The molecule has 3 N–H and O–H groups in total. The number of carbonyl (C=O) groups is 1. The van der Waals surface area contributed by atoms with Gasteiger partial charge in [0.25, 0.3) is 0 Å². The van der Waals surface area contributed by atoms with E-state index in [1.807, 2.05) is 0 Å². The molecule has 1 heterocycles. The molecule has 0 aliphatic carbocycles. The Hall–Kier alpha value is -1.61. The quantitative estimate of drug-likeness (QED) is 0.759. The second-order valence-electron chi connectivity index (χ2n) is 3.57. The fraction of sp³-hybridized carbons (Fsp3) is 0.308. The number of nitrogens with one attached hydrogen (secondary N) is 1. The second kappa shape index (κ2) is 6.08. The fourth-order valence-electron chi connectivity index (χ4n) is 1.66. The molecule has 0 spiro atoms. The predicted molar refractivity (Wildman–Crippen MR) is 67.5 cm³/mol. The van der Waals surface area contributed by atoms with Crippen LogP contribution in [0.4, 0.5) is 0 Å². The number of aromatic nitrogens is 1. The molecule has 0 saturated heterocycles. The van der Waals surface area contributed by atoms with Crippen LogP contribution in [0.3, 0.4) is 0 Å². The Balaban J connectivity index is 0.000000280. The van der Waals surface area contributed by atoms with Crippen molar-refractivity contribution in [3.05, 3.63) is 35.5 Å². The molecule has 0 unspecified atom stereocenters. The summed E-state index contributed by atoms with van der Waals surface area (Å²) in [6.45, 7) is 4.46. The van der Waals surface area contributed by atoms with Crippen LogP contribution in [-0.2, 0) is 11.2 Å². The molecule has 0 atom stereocenters. The van der Waals surface area contributed by atoms with Crippen molar-refractivity contribution in [2.24, 2.45) is 5.73 Å². The maximum absolute atomic E-state index is 9.05. The van der Waals surface area contributed by atoms with Gasteiger partial charge in [-0.3, -0.25) is 0 Å². The van der Waals surface area contributed by atoms with Gasteiger partial charge in [-0.2, -0.15) is 0 Å². The molecule has 0 aliphatic heterocycles. The van der Waals surface area contributed by atoms with Gasteiger partial charge in [0, 0.05) is 23.6 Å². The molecule has 0 radical (unpaired) electrons. The summed E-state index contributed by atoms with van der Waals surface area (Å²) in [5.74, 6) is 0. The highest BCUT2D eigenvalue weighted by molar-refractivity contribution is 5.85. The number of aryl methyl sites for hydroxylation is 2. The highest BCUT2D eigenvalue weighted by Gasteiger charge is 2.01. The topological polar surface area (TPSA) is 58.9 Å². The molecular weight excluding hydrogens is 200 g/mol. The molecule has 1 aromatic carbocycles. The van der Waals surface area contributed by atoms with Gasteiger partial charge in [0.1, 0.15) is 6.29 Å². The summed E-state index contributed by atoms with van der Waals surface area (Å²) < 4.78 is 0. The summed E-state index contributed by atoms with van der Waals surface area (Å²) in [5, 5.41) is 1.37. The van der Waals surface area contributed by atoms with Gasteiger partial charge in [-0.05, 0) is 24.5 Å². The lowest BCUT2D eigenvalue weighted by atomic mass is 10.1. The lowest BCUT2D eigenvalue weighted by Crippen LogP contribution is -1.97. The van der Waals surface area contributed by atoms with E-state index in [1.165, 1.54) is 22.0 Å². The first-order valence-corrected chi connectivity index (χ1v) is 5.43. The van der Waals surface area contributed by atoms with E-state index in [1.54, 1.807) is 0 Å². The van der Waals surface area contributed by atoms with E-state index in [0.29, 0.717) is 6.29 Å². The number of fused-ring (bicyclic) bond motifs is 1. The van der Waals surface area contributed by atoms with Gasteiger partial charge in [-0.1, -0.05) is 25.1 Å². The van der Waals surface area contributed by atoms with E-state index in [0.717, 1.165) is 6.42 Å². The summed E-state index contributed by atoms with van der Waals surface area (Å²) in [5.41, 5.74) is 8.68. The van der Waals surface area contributed by atoms with E-state index >= 15 is 0 Å². The number of benzene rings is 1. The number of rotatable bonds is 2. The van der Waals surface area contributed by atoms with Crippen molar-refractivity contribution >= 4 is 17.2 Å². The van der Waals surface area contributed by atoms with Crippen molar-refractivity contribution in [1.29, 1.82) is 0 Å². The second-order valence-corrected chi connectivity index (χ2v) is 3.57. The first-order valence-electron chi connectivity index (χ1n) is 5.43. The first kappa shape index (κ1) is 12.5. The molecule has 0 fully saturated rings. The Morgan fingerprint density at radius 3 is 2.69 bits per heavy atom. The molecule has 16 heavy (non-hydrogen) atoms. The van der Waals surface area contributed by atoms with Gasteiger partial charge in [0.2, 0.25) is 0 Å². The van der Waals surface area contributed by atoms with Gasteiger partial charge in [-0.25, -0.2) is 0 Å². The minimum atomic E-state index is 0.139. The third kappa shape index (κ3) is 2.70. The number of H-pyrrole nitrogens is 1. The number of hydrogen-bond acceptors (Lipinski definition) is 2. The lowest BCUT2D eigenvalue weighted by molar-refractivity contribution is -0.106. The van der Waals surface area contributed by atoms with Gasteiger partial charge in [0.15, 0.2) is 0 Å². The van der Waals surface area contributed by atoms with E-state index < -0.39 is 0 Å². The molecule has 0 saturated carbocycles. The molecule has 0 bridgehead atoms. The summed E-state index contributed by atoms with van der Waals surface area (Å²) in [6, 6.07) is 6.43. The molecule has 0 aliphatic rings. The van der Waals surface area contributed by atoms with Gasteiger partial charge >= 0.3 is 0 Å². The third-order valence-electron chi connectivity index (χ3n) is 2.49. The van der Waals surface area contributed by atoms with Crippen LogP contribution in [-0.4, -0.2) is 17.8 Å². The normalized spacial score (nSPS) is 9.69. The zero-order valence-corrected chi connectivity index (χ0v) is 9.79. The minimum Gasteiger partial charge on any atom is -0.361 e. The molecule has 86 valence electrons. The summed E-state index contributed by atoms with van der Waals surface area (Å²) in [4.78, 5) is 12.4. The number of carbonyl (C=O) groups excluding carboxylic acids is 1. The molecule has 3 nitrogen and oxygen atoms in total. The Bertz CT molecular complexity index is 460. The third-order valence-corrected chi connectivity index (χ3v) is 2.49. The van der Waals surface area contributed by atoms with Gasteiger partial charge < -0.3 is 15.5 Å². The lowest BCUT2D eigenvalue weighted by Gasteiger charge is -1.95. The van der Waals surface area contributed by atoms with Crippen molar-refractivity contribution in [3.8, 4) is 0 Å². The van der Waals surface area contributed by atoms with E-state index in [2.05, 4.69) is 49.0 Å². The standard InChI is InChI=1S/C11H13N.C2H5NO/c1-3-9-7-12-11-8(2)5-4-6-10(9)11;3-1-2-4/h4-7,12H,3H2,1-2H3;2H,1,3H2. The van der Waals surface area contributed by atoms with Crippen LogP contribution in [0.1, 0.15) is 18.1 Å². The van der Waals surface area contributed by atoms with Gasteiger partial charge in [-0.15, -0.1) is 0 Å². The zero-order chi connectivity index (χ0) is 12.0.